The number of aliphatic carboxylic acids is 1. The maximum atomic E-state index is 12.2. The van der Waals surface area contributed by atoms with Crippen molar-refractivity contribution in [1.29, 1.82) is 0 Å². The van der Waals surface area contributed by atoms with Crippen LogP contribution in [0.2, 0.25) is 0 Å². The van der Waals surface area contributed by atoms with Gasteiger partial charge in [0.05, 0.1) is 19.8 Å². The summed E-state index contributed by atoms with van der Waals surface area (Å²) in [6.45, 7) is 14.9. The molecule has 0 bridgehead atoms. The van der Waals surface area contributed by atoms with E-state index in [0.29, 0.717) is 5.56 Å². The Kier molecular flexibility index (Phi) is 13.2. The average Bonchev–Trinajstić information content (AvgIpc) is 2.81. The lowest BCUT2D eigenvalue weighted by atomic mass is 9.86. The molecular weight excluding hydrogens is 526 g/mol. The zero-order chi connectivity index (χ0) is 30.7. The van der Waals surface area contributed by atoms with E-state index in [1.807, 2.05) is 48.5 Å². The lowest BCUT2D eigenvalue weighted by Crippen LogP contribution is -2.52. The number of carbonyl (C=O) groups excluding carboxylic acids is 3. The Morgan fingerprint density at radius 3 is 1.82 bits per heavy atom. The number of hydrogen-bond acceptors (Lipinski definition) is 11. The molecule has 0 amide bonds. The van der Waals surface area contributed by atoms with Crippen molar-refractivity contribution in [2.75, 3.05) is 19.8 Å². The third-order valence-corrected chi connectivity index (χ3v) is 4.98. The van der Waals surface area contributed by atoms with Crippen molar-refractivity contribution in [2.45, 2.75) is 79.9 Å². The van der Waals surface area contributed by atoms with E-state index in [-0.39, 0.29) is 61.4 Å². The van der Waals surface area contributed by atoms with Gasteiger partial charge in [-0.1, -0.05) is 54.5 Å². The molecule has 0 saturated carbocycles. The Morgan fingerprint density at radius 2 is 1.35 bits per heavy atom. The summed E-state index contributed by atoms with van der Waals surface area (Å²) in [5.74, 6) is -1.57. The number of nitrogens with two attached hydrogens (primary N) is 1. The normalized spacial score (nSPS) is 13.7. The van der Waals surface area contributed by atoms with E-state index in [4.69, 9.17) is 34.2 Å². The predicted octanol–water partition coefficient (Wildman–Crippen LogP) is 5.33. The third-order valence-electron chi connectivity index (χ3n) is 4.98. The van der Waals surface area contributed by atoms with Gasteiger partial charge in [0.25, 0.3) is 0 Å². The topological polar surface area (TPSA) is 170 Å². The maximum Gasteiger partial charge on any atom is 0.513 e. The highest BCUT2D eigenvalue weighted by Gasteiger charge is 2.37. The summed E-state index contributed by atoms with van der Waals surface area (Å²) in [7, 11) is 0. The zero-order valence-corrected chi connectivity index (χ0v) is 24.6. The molecule has 12 heteroatoms. The SMILES string of the molecule is CC(C)COC(=O)Oc1ccc(CC(N)(C[C@H](C)OC(=O)OCC(C)(C)C)C(=O)O)cc1OC(=O)OCC(C)C. The first-order valence-electron chi connectivity index (χ1n) is 13.1. The lowest BCUT2D eigenvalue weighted by Gasteiger charge is -2.28. The minimum absolute atomic E-state index is 0.0454. The largest absolute Gasteiger partial charge is 0.513 e. The molecule has 1 rings (SSSR count). The van der Waals surface area contributed by atoms with Crippen LogP contribution in [0.25, 0.3) is 0 Å². The van der Waals surface area contributed by atoms with E-state index in [9.17, 15) is 24.3 Å². The Labute approximate surface area is 235 Å². The number of benzene rings is 1. The fraction of sp³-hybridized carbons (Fsp3) is 0.643. The van der Waals surface area contributed by atoms with Gasteiger partial charge in [-0.05, 0) is 41.9 Å². The minimum Gasteiger partial charge on any atom is -0.480 e. The molecule has 0 spiro atoms. The molecule has 0 aliphatic rings. The van der Waals surface area contributed by atoms with Gasteiger partial charge in [-0.3, -0.25) is 4.79 Å². The average molecular weight is 570 g/mol. The maximum absolute atomic E-state index is 12.2. The molecule has 12 nitrogen and oxygen atoms in total. The van der Waals surface area contributed by atoms with Crippen molar-refractivity contribution < 1.29 is 52.7 Å². The number of carbonyl (C=O) groups is 4. The third kappa shape index (κ3) is 13.5. The molecule has 1 aromatic carbocycles. The zero-order valence-electron chi connectivity index (χ0n) is 24.6. The Morgan fingerprint density at radius 1 is 0.825 bits per heavy atom. The summed E-state index contributed by atoms with van der Waals surface area (Å²) in [4.78, 5) is 48.5. The molecule has 0 fully saturated rings. The van der Waals surface area contributed by atoms with Crippen LogP contribution in [0.15, 0.2) is 18.2 Å². The molecule has 2 atom stereocenters. The molecule has 1 aromatic rings. The van der Waals surface area contributed by atoms with Gasteiger partial charge in [0.1, 0.15) is 11.6 Å². The molecule has 0 radical (unpaired) electrons. The van der Waals surface area contributed by atoms with Crippen LogP contribution in [0.4, 0.5) is 14.4 Å². The Balaban J connectivity index is 3.12. The molecular formula is C28H43NO11. The molecule has 1 unspecified atom stereocenters. The molecule has 0 aromatic heterocycles. The van der Waals surface area contributed by atoms with Crippen LogP contribution in [0.1, 0.15) is 67.4 Å². The second-order valence-corrected chi connectivity index (χ2v) is 11.8. The molecule has 3 N–H and O–H groups in total. The summed E-state index contributed by atoms with van der Waals surface area (Å²) in [6.07, 6.45) is -4.38. The molecule has 40 heavy (non-hydrogen) atoms. The van der Waals surface area contributed by atoms with Gasteiger partial charge >= 0.3 is 24.4 Å². The molecule has 0 aliphatic heterocycles. The Bertz CT molecular complexity index is 1020. The summed E-state index contributed by atoms with van der Waals surface area (Å²) in [6, 6.07) is 4.10. The van der Waals surface area contributed by atoms with E-state index in [1.54, 1.807) is 0 Å². The van der Waals surface area contributed by atoms with Crippen molar-refractivity contribution in [3.05, 3.63) is 23.8 Å². The number of carboxylic acids is 1. The van der Waals surface area contributed by atoms with E-state index >= 15 is 0 Å². The van der Waals surface area contributed by atoms with Crippen LogP contribution in [0.3, 0.4) is 0 Å². The van der Waals surface area contributed by atoms with E-state index in [2.05, 4.69) is 0 Å². The monoisotopic (exact) mass is 569 g/mol. The van der Waals surface area contributed by atoms with E-state index in [1.165, 1.54) is 25.1 Å². The van der Waals surface area contributed by atoms with Gasteiger partial charge in [0.15, 0.2) is 11.5 Å². The fourth-order valence-corrected chi connectivity index (χ4v) is 3.16. The Hall–Kier alpha value is -3.54. The summed E-state index contributed by atoms with van der Waals surface area (Å²) in [5.41, 5.74) is 4.43. The molecule has 0 heterocycles. The first-order valence-corrected chi connectivity index (χ1v) is 13.1. The number of carboxylic acid groups (broad SMARTS) is 1. The number of rotatable bonds is 13. The predicted molar refractivity (Wildman–Crippen MR) is 144 cm³/mol. The van der Waals surface area contributed by atoms with Gasteiger partial charge in [-0.15, -0.1) is 0 Å². The molecule has 0 saturated heterocycles. The van der Waals surface area contributed by atoms with Gasteiger partial charge in [0.2, 0.25) is 0 Å². The first kappa shape index (κ1) is 34.5. The van der Waals surface area contributed by atoms with Crippen LogP contribution in [-0.2, 0) is 30.2 Å². The van der Waals surface area contributed by atoms with Gasteiger partial charge in [0, 0.05) is 12.8 Å². The van der Waals surface area contributed by atoms with E-state index in [0.717, 1.165) is 0 Å². The summed E-state index contributed by atoms with van der Waals surface area (Å²) in [5, 5.41) is 9.91. The van der Waals surface area contributed by atoms with Crippen molar-refractivity contribution in [3.8, 4) is 11.5 Å². The first-order chi connectivity index (χ1) is 18.4. The summed E-state index contributed by atoms with van der Waals surface area (Å²) < 4.78 is 30.8. The van der Waals surface area contributed by atoms with Gasteiger partial charge < -0.3 is 39.3 Å². The van der Waals surface area contributed by atoms with Crippen LogP contribution in [0.5, 0.6) is 11.5 Å². The second kappa shape index (κ2) is 15.3. The van der Waals surface area contributed by atoms with Crippen LogP contribution in [0, 0.1) is 17.3 Å². The molecule has 0 aliphatic carbocycles. The lowest BCUT2D eigenvalue weighted by molar-refractivity contribution is -0.144. The number of ether oxygens (including phenoxy) is 6. The molecule has 226 valence electrons. The summed E-state index contributed by atoms with van der Waals surface area (Å²) >= 11 is 0. The quantitative estimate of drug-likeness (QED) is 0.178. The van der Waals surface area contributed by atoms with Crippen LogP contribution >= 0.6 is 0 Å². The van der Waals surface area contributed by atoms with Gasteiger partial charge in [-0.25, -0.2) is 14.4 Å². The highest BCUT2D eigenvalue weighted by atomic mass is 16.7. The van der Waals surface area contributed by atoms with Crippen LogP contribution in [-0.4, -0.2) is 61.0 Å². The van der Waals surface area contributed by atoms with Crippen LogP contribution < -0.4 is 15.2 Å². The highest BCUT2D eigenvalue weighted by Crippen LogP contribution is 2.31. The van der Waals surface area contributed by atoms with Crippen molar-refractivity contribution >= 4 is 24.4 Å². The smallest absolute Gasteiger partial charge is 0.480 e. The van der Waals surface area contributed by atoms with E-state index < -0.39 is 36.1 Å². The van der Waals surface area contributed by atoms with Crippen molar-refractivity contribution in [2.24, 2.45) is 23.0 Å². The standard InChI is InChI=1S/C28H43NO11/c1-17(2)14-35-24(32)39-21-10-9-20(11-22(21)40-25(33)36-15-18(3)4)13-28(29,23(30)31)12-19(5)38-26(34)37-16-27(6,7)8/h9-11,17-19H,12-16,29H2,1-8H3,(H,30,31)/t19-,28?/m0/s1. The number of hydrogen-bond donors (Lipinski definition) is 2. The second-order valence-electron chi connectivity index (χ2n) is 11.8. The van der Waals surface area contributed by atoms with Crippen molar-refractivity contribution in [3.63, 3.8) is 0 Å². The van der Waals surface area contributed by atoms with Crippen molar-refractivity contribution in [1.82, 2.24) is 0 Å². The van der Waals surface area contributed by atoms with Gasteiger partial charge in [-0.2, -0.15) is 0 Å². The highest BCUT2D eigenvalue weighted by molar-refractivity contribution is 5.79. The minimum atomic E-state index is -1.88. The fourth-order valence-electron chi connectivity index (χ4n) is 3.16.